The third kappa shape index (κ3) is 2.79. The molecule has 0 radical (unpaired) electrons. The van der Waals surface area contributed by atoms with E-state index in [2.05, 4.69) is 16.3 Å². The van der Waals surface area contributed by atoms with Crippen LogP contribution >= 0.6 is 0 Å². The third-order valence-electron chi connectivity index (χ3n) is 3.43. The Hall–Kier alpha value is -2.44. The fourth-order valence-corrected chi connectivity index (χ4v) is 2.86. The van der Waals surface area contributed by atoms with Crippen LogP contribution in [-0.4, -0.2) is 18.6 Å². The number of aromatic nitrogens is 2. The second kappa shape index (κ2) is 5.40. The molecule has 0 saturated heterocycles. The molecule has 0 unspecified atom stereocenters. The van der Waals surface area contributed by atoms with E-state index in [1.165, 1.54) is 12.1 Å². The first kappa shape index (κ1) is 14.5. The van der Waals surface area contributed by atoms with Crippen LogP contribution in [0.5, 0.6) is 0 Å². The molecule has 112 valence electrons. The van der Waals surface area contributed by atoms with Crippen molar-refractivity contribution in [2.24, 2.45) is 5.14 Å². The highest BCUT2D eigenvalue weighted by Crippen LogP contribution is 2.30. The number of aryl methyl sites for hydroxylation is 1. The van der Waals surface area contributed by atoms with Crippen molar-refractivity contribution < 1.29 is 8.42 Å². The van der Waals surface area contributed by atoms with Gasteiger partial charge in [-0.3, -0.25) is 5.10 Å². The van der Waals surface area contributed by atoms with Gasteiger partial charge in [-0.1, -0.05) is 42.0 Å². The van der Waals surface area contributed by atoms with Crippen molar-refractivity contribution >= 4 is 10.0 Å². The Labute approximate surface area is 128 Å². The lowest BCUT2D eigenvalue weighted by atomic mass is 10.0. The minimum Gasteiger partial charge on any atom is -0.284 e. The van der Waals surface area contributed by atoms with Gasteiger partial charge in [-0.25, -0.2) is 13.6 Å². The molecule has 0 aliphatic rings. The first-order valence-corrected chi connectivity index (χ1v) is 8.24. The summed E-state index contributed by atoms with van der Waals surface area (Å²) in [6.07, 6.45) is 1.83. The lowest BCUT2D eigenvalue weighted by Gasteiger charge is -2.05. The van der Waals surface area contributed by atoms with Gasteiger partial charge in [0.1, 0.15) is 0 Å². The number of nitrogens with one attached hydrogen (secondary N) is 1. The van der Waals surface area contributed by atoms with Gasteiger partial charge in [0.05, 0.1) is 10.6 Å². The van der Waals surface area contributed by atoms with E-state index >= 15 is 0 Å². The Bertz CT molecular complexity index is 913. The van der Waals surface area contributed by atoms with Crippen LogP contribution in [0.1, 0.15) is 5.56 Å². The van der Waals surface area contributed by atoms with Gasteiger partial charge >= 0.3 is 0 Å². The average Bonchev–Trinajstić information content (AvgIpc) is 2.96. The van der Waals surface area contributed by atoms with Gasteiger partial charge in [0, 0.05) is 17.3 Å². The Balaban J connectivity index is 2.06. The van der Waals surface area contributed by atoms with Gasteiger partial charge in [0.2, 0.25) is 10.0 Å². The van der Waals surface area contributed by atoms with Crippen molar-refractivity contribution in [1.29, 1.82) is 0 Å². The summed E-state index contributed by atoms with van der Waals surface area (Å²) in [5.41, 5.74) is 4.78. The molecule has 0 aliphatic carbocycles. The normalized spacial score (nSPS) is 11.5. The van der Waals surface area contributed by atoms with E-state index < -0.39 is 10.0 Å². The van der Waals surface area contributed by atoms with Crippen LogP contribution in [0.3, 0.4) is 0 Å². The van der Waals surface area contributed by atoms with E-state index in [-0.39, 0.29) is 4.90 Å². The molecular formula is C16H15N3O2S. The van der Waals surface area contributed by atoms with E-state index in [4.69, 9.17) is 5.14 Å². The average molecular weight is 313 g/mol. The Morgan fingerprint density at radius 3 is 2.41 bits per heavy atom. The molecule has 2 aromatic carbocycles. The number of rotatable bonds is 3. The number of primary sulfonamides is 1. The number of nitrogens with zero attached hydrogens (tertiary/aromatic N) is 1. The number of hydrogen-bond donors (Lipinski definition) is 2. The van der Waals surface area contributed by atoms with Gasteiger partial charge in [-0.05, 0) is 24.6 Å². The van der Waals surface area contributed by atoms with Crippen LogP contribution in [-0.2, 0) is 10.0 Å². The van der Waals surface area contributed by atoms with Crippen molar-refractivity contribution in [2.45, 2.75) is 11.8 Å². The smallest absolute Gasteiger partial charge is 0.238 e. The van der Waals surface area contributed by atoms with Crippen molar-refractivity contribution in [1.82, 2.24) is 10.2 Å². The fraction of sp³-hybridized carbons (Fsp3) is 0.0625. The number of hydrogen-bond acceptors (Lipinski definition) is 3. The maximum atomic E-state index is 11.3. The summed E-state index contributed by atoms with van der Waals surface area (Å²) in [5, 5.41) is 12.3. The molecule has 22 heavy (non-hydrogen) atoms. The molecule has 0 fully saturated rings. The van der Waals surface area contributed by atoms with Gasteiger partial charge in [0.15, 0.2) is 0 Å². The van der Waals surface area contributed by atoms with Crippen LogP contribution in [0.25, 0.3) is 22.4 Å². The standard InChI is InChI=1S/C16H15N3O2S/c1-11-3-2-4-13(9-11)15-10-18-19-16(15)12-5-7-14(8-6-12)22(17,20)21/h2-10H,1H3,(H,18,19)(H2,17,20,21). The maximum Gasteiger partial charge on any atom is 0.238 e. The molecule has 3 aromatic rings. The van der Waals surface area contributed by atoms with E-state index in [0.29, 0.717) is 0 Å². The number of sulfonamides is 1. The molecule has 0 amide bonds. The largest absolute Gasteiger partial charge is 0.284 e. The first-order chi connectivity index (χ1) is 10.4. The highest BCUT2D eigenvalue weighted by atomic mass is 32.2. The summed E-state index contributed by atoms with van der Waals surface area (Å²) >= 11 is 0. The second-order valence-electron chi connectivity index (χ2n) is 5.09. The van der Waals surface area contributed by atoms with Crippen LogP contribution in [0.4, 0.5) is 0 Å². The lowest BCUT2D eigenvalue weighted by Crippen LogP contribution is -2.11. The Morgan fingerprint density at radius 1 is 1.05 bits per heavy atom. The molecular weight excluding hydrogens is 298 g/mol. The van der Waals surface area contributed by atoms with Crippen molar-refractivity contribution in [3.05, 3.63) is 60.3 Å². The second-order valence-corrected chi connectivity index (χ2v) is 6.65. The Morgan fingerprint density at radius 2 is 1.77 bits per heavy atom. The van der Waals surface area contributed by atoms with E-state index in [0.717, 1.165) is 27.9 Å². The molecule has 0 saturated carbocycles. The monoisotopic (exact) mass is 313 g/mol. The minimum absolute atomic E-state index is 0.0869. The SMILES string of the molecule is Cc1cccc(-c2c[nH]nc2-c2ccc(S(N)(=O)=O)cc2)c1. The van der Waals surface area contributed by atoms with Crippen molar-refractivity contribution in [3.8, 4) is 22.4 Å². The molecule has 0 atom stereocenters. The van der Waals surface area contributed by atoms with Gasteiger partial charge in [0.25, 0.3) is 0 Å². The van der Waals surface area contributed by atoms with Crippen LogP contribution in [0.2, 0.25) is 0 Å². The van der Waals surface area contributed by atoms with Crippen molar-refractivity contribution in [3.63, 3.8) is 0 Å². The van der Waals surface area contributed by atoms with Crippen LogP contribution in [0, 0.1) is 6.92 Å². The minimum atomic E-state index is -3.68. The van der Waals surface area contributed by atoms with Crippen molar-refractivity contribution in [2.75, 3.05) is 0 Å². The predicted molar refractivity (Wildman–Crippen MR) is 85.6 cm³/mol. The quantitative estimate of drug-likeness (QED) is 0.779. The van der Waals surface area contributed by atoms with Gasteiger partial charge in [-0.15, -0.1) is 0 Å². The molecule has 1 heterocycles. The summed E-state index contributed by atoms with van der Waals surface area (Å²) in [5.74, 6) is 0. The first-order valence-electron chi connectivity index (χ1n) is 6.69. The topological polar surface area (TPSA) is 88.8 Å². The molecule has 6 heteroatoms. The zero-order valence-corrected chi connectivity index (χ0v) is 12.8. The predicted octanol–water partition coefficient (Wildman–Crippen LogP) is 2.70. The molecule has 0 spiro atoms. The molecule has 0 bridgehead atoms. The number of nitrogens with two attached hydrogens (primary N) is 1. The molecule has 5 nitrogen and oxygen atoms in total. The Kier molecular flexibility index (Phi) is 3.56. The zero-order chi connectivity index (χ0) is 15.7. The molecule has 3 rings (SSSR count). The molecule has 0 aliphatic heterocycles. The van der Waals surface area contributed by atoms with Crippen LogP contribution in [0.15, 0.2) is 59.6 Å². The van der Waals surface area contributed by atoms with Gasteiger partial charge in [-0.2, -0.15) is 5.10 Å². The zero-order valence-electron chi connectivity index (χ0n) is 11.9. The third-order valence-corrected chi connectivity index (χ3v) is 4.35. The van der Waals surface area contributed by atoms with E-state index in [1.54, 1.807) is 12.1 Å². The lowest BCUT2D eigenvalue weighted by molar-refractivity contribution is 0.598. The summed E-state index contributed by atoms with van der Waals surface area (Å²) in [6.45, 7) is 2.03. The highest BCUT2D eigenvalue weighted by Gasteiger charge is 2.12. The summed E-state index contributed by atoms with van der Waals surface area (Å²) in [7, 11) is -3.68. The van der Waals surface area contributed by atoms with E-state index in [9.17, 15) is 8.42 Å². The number of H-pyrrole nitrogens is 1. The summed E-state index contributed by atoms with van der Waals surface area (Å²) < 4.78 is 22.6. The van der Waals surface area contributed by atoms with Crippen LogP contribution < -0.4 is 5.14 Å². The fourth-order valence-electron chi connectivity index (χ4n) is 2.35. The maximum absolute atomic E-state index is 11.3. The summed E-state index contributed by atoms with van der Waals surface area (Å²) in [4.78, 5) is 0.0869. The van der Waals surface area contributed by atoms with Gasteiger partial charge < -0.3 is 0 Å². The highest BCUT2D eigenvalue weighted by molar-refractivity contribution is 7.89. The number of benzene rings is 2. The number of aromatic amines is 1. The van der Waals surface area contributed by atoms with E-state index in [1.807, 2.05) is 31.3 Å². The molecule has 1 aromatic heterocycles. The summed E-state index contributed by atoms with van der Waals surface area (Å²) in [6, 6.07) is 14.5. The molecule has 3 N–H and O–H groups in total.